The molecule has 0 heterocycles. The first-order valence-corrected chi connectivity index (χ1v) is 4.76. The van der Waals surface area contributed by atoms with Crippen LogP contribution < -0.4 is 4.72 Å². The predicted molar refractivity (Wildman–Crippen MR) is 39.7 cm³/mol. The molecule has 0 bridgehead atoms. The average molecular weight is 181 g/mol. The van der Waals surface area contributed by atoms with E-state index in [9.17, 15) is 13.2 Å². The Morgan fingerprint density at radius 3 is 1.91 bits per heavy atom. The molecule has 0 fully saturated rings. The fourth-order valence-electron chi connectivity index (χ4n) is 0.507. The zero-order valence-electron chi connectivity index (χ0n) is 6.58. The van der Waals surface area contributed by atoms with Crippen LogP contribution in [0.5, 0.6) is 0 Å². The van der Waals surface area contributed by atoms with Crippen LogP contribution in [0.1, 0.15) is 13.8 Å². The molecule has 0 amide bonds. The number of nitrogens with one attached hydrogen (secondary N) is 1. The largest absolute Gasteiger partial charge is 0.480 e. The van der Waals surface area contributed by atoms with Crippen molar-refractivity contribution in [3.05, 3.63) is 0 Å². The summed E-state index contributed by atoms with van der Waals surface area (Å²) in [6.07, 6.45) is 0.914. The predicted octanol–water partition coefficient (Wildman–Crippen LogP) is -0.601. The summed E-state index contributed by atoms with van der Waals surface area (Å²) >= 11 is 0. The molecular weight excluding hydrogens is 170 g/mol. The molecule has 2 N–H and O–H groups in total. The molecule has 0 aromatic carbocycles. The van der Waals surface area contributed by atoms with Gasteiger partial charge in [-0.05, 0) is 13.8 Å². The lowest BCUT2D eigenvalue weighted by molar-refractivity contribution is -0.142. The lowest BCUT2D eigenvalue weighted by Gasteiger charge is -2.18. The highest BCUT2D eigenvalue weighted by atomic mass is 32.2. The second-order valence-electron chi connectivity index (χ2n) is 2.80. The number of hydrogen-bond acceptors (Lipinski definition) is 3. The summed E-state index contributed by atoms with van der Waals surface area (Å²) in [7, 11) is -3.46. The van der Waals surface area contributed by atoms with Crippen LogP contribution in [-0.4, -0.2) is 31.3 Å². The Bertz CT molecular complexity index is 254. The quantitative estimate of drug-likeness (QED) is 0.609. The van der Waals surface area contributed by atoms with Gasteiger partial charge in [0.1, 0.15) is 5.54 Å². The van der Waals surface area contributed by atoms with Crippen LogP contribution in [0.4, 0.5) is 0 Å². The van der Waals surface area contributed by atoms with Gasteiger partial charge in [-0.25, -0.2) is 8.42 Å². The number of carboxylic acid groups (broad SMARTS) is 1. The highest BCUT2D eigenvalue weighted by Crippen LogP contribution is 2.02. The highest BCUT2D eigenvalue weighted by Gasteiger charge is 2.29. The number of carboxylic acids is 1. The van der Waals surface area contributed by atoms with Gasteiger partial charge in [0, 0.05) is 0 Å². The van der Waals surface area contributed by atoms with Crippen LogP contribution >= 0.6 is 0 Å². The molecular formula is C5H11NO4S. The van der Waals surface area contributed by atoms with Crippen molar-refractivity contribution in [3.63, 3.8) is 0 Å². The minimum absolute atomic E-state index is 0.914. The Hall–Kier alpha value is -0.620. The first kappa shape index (κ1) is 10.4. The lowest BCUT2D eigenvalue weighted by Crippen LogP contribution is -2.49. The van der Waals surface area contributed by atoms with Crippen molar-refractivity contribution in [1.29, 1.82) is 0 Å². The third-order valence-electron chi connectivity index (χ3n) is 0.975. The van der Waals surface area contributed by atoms with Crippen molar-refractivity contribution in [1.82, 2.24) is 4.72 Å². The summed E-state index contributed by atoms with van der Waals surface area (Å²) in [5, 5.41) is 8.48. The number of rotatable bonds is 3. The van der Waals surface area contributed by atoms with E-state index >= 15 is 0 Å². The van der Waals surface area contributed by atoms with Crippen molar-refractivity contribution < 1.29 is 18.3 Å². The molecule has 0 saturated carbocycles. The van der Waals surface area contributed by atoms with Crippen LogP contribution in [0.2, 0.25) is 0 Å². The topological polar surface area (TPSA) is 83.5 Å². The molecule has 0 aromatic heterocycles. The first-order chi connectivity index (χ1) is 4.65. The van der Waals surface area contributed by atoms with Crippen molar-refractivity contribution in [2.45, 2.75) is 19.4 Å². The van der Waals surface area contributed by atoms with Gasteiger partial charge in [0.15, 0.2) is 0 Å². The van der Waals surface area contributed by atoms with Gasteiger partial charge in [-0.1, -0.05) is 0 Å². The summed E-state index contributed by atoms with van der Waals surface area (Å²) in [5.74, 6) is -1.21. The molecule has 0 rings (SSSR count). The molecule has 0 unspecified atom stereocenters. The van der Waals surface area contributed by atoms with E-state index in [4.69, 9.17) is 5.11 Å². The van der Waals surface area contributed by atoms with Gasteiger partial charge in [0.25, 0.3) is 0 Å². The second kappa shape index (κ2) is 2.78. The van der Waals surface area contributed by atoms with Crippen LogP contribution in [0.25, 0.3) is 0 Å². The summed E-state index contributed by atoms with van der Waals surface area (Å²) < 4.78 is 23.1. The van der Waals surface area contributed by atoms with E-state index in [2.05, 4.69) is 0 Å². The summed E-state index contributed by atoms with van der Waals surface area (Å²) in [4.78, 5) is 10.4. The highest BCUT2D eigenvalue weighted by molar-refractivity contribution is 7.88. The fraction of sp³-hybridized carbons (Fsp3) is 0.800. The standard InChI is InChI=1S/C5H11NO4S/c1-5(2,4(7)8)6-11(3,9)10/h6H,1-3H3,(H,7,8). The minimum Gasteiger partial charge on any atom is -0.480 e. The van der Waals surface area contributed by atoms with E-state index in [1.54, 1.807) is 0 Å². The van der Waals surface area contributed by atoms with E-state index in [0.29, 0.717) is 0 Å². The SMILES string of the molecule is CC(C)(NS(C)(=O)=O)C(=O)O. The van der Waals surface area contributed by atoms with E-state index < -0.39 is 21.5 Å². The smallest absolute Gasteiger partial charge is 0.324 e. The third kappa shape index (κ3) is 3.94. The number of sulfonamides is 1. The summed E-state index contributed by atoms with van der Waals surface area (Å²) in [6, 6.07) is 0. The van der Waals surface area contributed by atoms with E-state index in [-0.39, 0.29) is 0 Å². The number of carbonyl (C=O) groups is 1. The minimum atomic E-state index is -3.46. The van der Waals surface area contributed by atoms with Gasteiger partial charge in [-0.15, -0.1) is 0 Å². The Kier molecular flexibility index (Phi) is 2.63. The van der Waals surface area contributed by atoms with Gasteiger partial charge in [-0.3, -0.25) is 4.79 Å². The molecule has 0 aromatic rings. The normalized spacial score (nSPS) is 13.0. The first-order valence-electron chi connectivity index (χ1n) is 2.87. The Labute approximate surface area is 65.5 Å². The van der Waals surface area contributed by atoms with Gasteiger partial charge in [0.2, 0.25) is 10.0 Å². The number of aliphatic carboxylic acids is 1. The van der Waals surface area contributed by atoms with Crippen LogP contribution in [0.3, 0.4) is 0 Å². The second-order valence-corrected chi connectivity index (χ2v) is 4.55. The summed E-state index contributed by atoms with van der Waals surface area (Å²) in [6.45, 7) is 2.55. The Morgan fingerprint density at radius 2 is 1.82 bits per heavy atom. The van der Waals surface area contributed by atoms with E-state index in [1.165, 1.54) is 13.8 Å². The van der Waals surface area contributed by atoms with Gasteiger partial charge in [0.05, 0.1) is 6.26 Å². The molecule has 0 spiro atoms. The van der Waals surface area contributed by atoms with E-state index in [0.717, 1.165) is 6.26 Å². The molecule has 0 radical (unpaired) electrons. The van der Waals surface area contributed by atoms with Crippen molar-refractivity contribution in [2.75, 3.05) is 6.26 Å². The van der Waals surface area contributed by atoms with Gasteiger partial charge in [-0.2, -0.15) is 4.72 Å². The maximum Gasteiger partial charge on any atom is 0.324 e. The van der Waals surface area contributed by atoms with Crippen LogP contribution in [0.15, 0.2) is 0 Å². The van der Waals surface area contributed by atoms with Gasteiger partial charge >= 0.3 is 5.97 Å². The molecule has 0 atom stereocenters. The molecule has 11 heavy (non-hydrogen) atoms. The monoisotopic (exact) mass is 181 g/mol. The lowest BCUT2D eigenvalue weighted by atomic mass is 10.1. The van der Waals surface area contributed by atoms with Crippen molar-refractivity contribution in [3.8, 4) is 0 Å². The number of hydrogen-bond donors (Lipinski definition) is 2. The van der Waals surface area contributed by atoms with E-state index in [1.807, 2.05) is 4.72 Å². The maximum atomic E-state index is 10.6. The molecule has 6 heteroatoms. The average Bonchev–Trinajstić information content (AvgIpc) is 1.56. The third-order valence-corrected chi connectivity index (χ3v) is 1.86. The summed E-state index contributed by atoms with van der Waals surface area (Å²) in [5.41, 5.74) is -1.44. The Morgan fingerprint density at radius 1 is 1.45 bits per heavy atom. The molecule has 0 aliphatic heterocycles. The molecule has 0 aliphatic rings. The van der Waals surface area contributed by atoms with Crippen LogP contribution in [-0.2, 0) is 14.8 Å². The maximum absolute atomic E-state index is 10.6. The molecule has 0 saturated heterocycles. The van der Waals surface area contributed by atoms with Crippen LogP contribution in [0, 0.1) is 0 Å². The Balaban J connectivity index is 4.51. The molecule has 66 valence electrons. The molecule has 0 aliphatic carbocycles. The zero-order chi connectivity index (χ0) is 9.28. The molecule has 5 nitrogen and oxygen atoms in total. The fourth-order valence-corrected chi connectivity index (χ4v) is 1.52. The zero-order valence-corrected chi connectivity index (χ0v) is 7.40. The van der Waals surface area contributed by atoms with Gasteiger partial charge < -0.3 is 5.11 Å². The van der Waals surface area contributed by atoms with Crippen molar-refractivity contribution in [2.24, 2.45) is 0 Å². The van der Waals surface area contributed by atoms with Crippen molar-refractivity contribution >= 4 is 16.0 Å².